The fraction of sp³-hybridized carbons (Fsp3) is 0.304. The molecule has 0 aliphatic carbocycles. The molecule has 16 heteroatoms. The SMILES string of the molecule is Cl.Cl.N[C@@H](CC(=O)N1CCn2c(C(F)(F)F)nc(NC(=O)c3cccnc3)c2C1)Cc1cc(F)c(F)cc1F. The minimum atomic E-state index is -4.81. The maximum atomic E-state index is 13.9. The van der Waals surface area contributed by atoms with E-state index in [-0.39, 0.29) is 79.9 Å². The maximum absolute atomic E-state index is 13.9. The molecule has 8 nitrogen and oxygen atoms in total. The molecule has 3 N–H and O–H groups in total. The number of rotatable bonds is 6. The number of hydrogen-bond acceptors (Lipinski definition) is 5. The third-order valence-corrected chi connectivity index (χ3v) is 5.78. The highest BCUT2D eigenvalue weighted by molar-refractivity contribution is 6.03. The second-order valence-corrected chi connectivity index (χ2v) is 8.42. The van der Waals surface area contributed by atoms with Crippen LogP contribution in [0.15, 0.2) is 36.7 Å². The number of pyridine rings is 1. The Morgan fingerprint density at radius 1 is 1.08 bits per heavy atom. The zero-order valence-electron chi connectivity index (χ0n) is 19.8. The number of nitrogens with one attached hydrogen (secondary N) is 1. The number of carbonyl (C=O) groups excluding carboxylic acids is 2. The van der Waals surface area contributed by atoms with Gasteiger partial charge in [-0.15, -0.1) is 24.8 Å². The smallest absolute Gasteiger partial charge is 0.335 e. The standard InChI is InChI=1S/C23H20F6N6O2.2ClH/c24-15-9-17(26)16(25)7-13(15)6-14(30)8-19(36)34-4-5-35-18(11-34)20(33-22(35)23(27,28)29)32-21(37)12-2-1-3-31-10-12;;/h1-3,7,9-10,14H,4-6,8,11,30H2,(H,32,37);2*1H/t14-;;/m1../s1. The fourth-order valence-corrected chi connectivity index (χ4v) is 4.00. The van der Waals surface area contributed by atoms with Gasteiger partial charge in [0.2, 0.25) is 11.7 Å². The van der Waals surface area contributed by atoms with Crippen LogP contribution in [0.25, 0.3) is 0 Å². The summed E-state index contributed by atoms with van der Waals surface area (Å²) in [4.78, 5) is 34.0. The molecule has 0 bridgehead atoms. The Hall–Kier alpha value is -3.36. The Morgan fingerprint density at radius 3 is 2.41 bits per heavy atom. The highest BCUT2D eigenvalue weighted by Gasteiger charge is 2.41. The highest BCUT2D eigenvalue weighted by atomic mass is 35.5. The van der Waals surface area contributed by atoms with E-state index in [1.54, 1.807) is 0 Å². The van der Waals surface area contributed by atoms with Crippen LogP contribution in [0.5, 0.6) is 0 Å². The molecule has 39 heavy (non-hydrogen) atoms. The third kappa shape index (κ3) is 7.19. The van der Waals surface area contributed by atoms with Gasteiger partial charge in [0.25, 0.3) is 5.91 Å². The molecule has 212 valence electrons. The van der Waals surface area contributed by atoms with Crippen LogP contribution in [0, 0.1) is 17.5 Å². The minimum Gasteiger partial charge on any atom is -0.335 e. The van der Waals surface area contributed by atoms with Crippen molar-refractivity contribution in [1.82, 2.24) is 19.4 Å². The van der Waals surface area contributed by atoms with E-state index in [0.717, 1.165) is 4.57 Å². The number of aromatic nitrogens is 3. The lowest BCUT2D eigenvalue weighted by Crippen LogP contribution is -2.42. The van der Waals surface area contributed by atoms with Crippen molar-refractivity contribution < 1.29 is 35.9 Å². The summed E-state index contributed by atoms with van der Waals surface area (Å²) in [6, 6.07) is 2.96. The number of hydrogen-bond donors (Lipinski definition) is 2. The van der Waals surface area contributed by atoms with E-state index >= 15 is 0 Å². The van der Waals surface area contributed by atoms with Gasteiger partial charge in [-0.05, 0) is 30.2 Å². The molecule has 1 aromatic carbocycles. The molecule has 1 aliphatic rings. The van der Waals surface area contributed by atoms with Gasteiger partial charge in [0.1, 0.15) is 5.82 Å². The summed E-state index contributed by atoms with van der Waals surface area (Å²) in [5.41, 5.74) is 5.77. The molecule has 2 aromatic heterocycles. The number of nitrogens with two attached hydrogens (primary N) is 1. The van der Waals surface area contributed by atoms with Crippen LogP contribution in [0.3, 0.4) is 0 Å². The van der Waals surface area contributed by atoms with Gasteiger partial charge in [0.05, 0.1) is 17.8 Å². The zero-order valence-corrected chi connectivity index (χ0v) is 21.5. The van der Waals surface area contributed by atoms with Gasteiger partial charge in [0.15, 0.2) is 17.5 Å². The summed E-state index contributed by atoms with van der Waals surface area (Å²) < 4.78 is 82.2. The number of imidazole rings is 1. The summed E-state index contributed by atoms with van der Waals surface area (Å²) in [6.07, 6.45) is -2.77. The van der Waals surface area contributed by atoms with Gasteiger partial charge in [-0.2, -0.15) is 13.2 Å². The minimum absolute atomic E-state index is 0. The van der Waals surface area contributed by atoms with Crippen molar-refractivity contribution in [1.29, 1.82) is 0 Å². The second-order valence-electron chi connectivity index (χ2n) is 8.42. The molecule has 1 atom stereocenters. The molecule has 0 spiro atoms. The van der Waals surface area contributed by atoms with Crippen molar-refractivity contribution in [2.24, 2.45) is 5.73 Å². The average Bonchev–Trinajstić information content (AvgIpc) is 3.21. The van der Waals surface area contributed by atoms with E-state index in [0.29, 0.717) is 12.1 Å². The van der Waals surface area contributed by atoms with Crippen molar-refractivity contribution in [2.45, 2.75) is 38.1 Å². The molecular formula is C23H22Cl2F6N6O2. The van der Waals surface area contributed by atoms with Crippen LogP contribution in [0.1, 0.15) is 33.9 Å². The van der Waals surface area contributed by atoms with Crippen molar-refractivity contribution >= 4 is 42.4 Å². The first-order chi connectivity index (χ1) is 17.4. The topological polar surface area (TPSA) is 106 Å². The van der Waals surface area contributed by atoms with Crippen molar-refractivity contribution in [2.75, 3.05) is 11.9 Å². The average molecular weight is 599 g/mol. The molecule has 0 radical (unpaired) electrons. The number of benzene rings is 1. The molecule has 0 unspecified atom stereocenters. The first kappa shape index (κ1) is 31.9. The third-order valence-electron chi connectivity index (χ3n) is 5.78. The predicted molar refractivity (Wildman–Crippen MR) is 132 cm³/mol. The van der Waals surface area contributed by atoms with Gasteiger partial charge in [-0.3, -0.25) is 14.6 Å². The highest BCUT2D eigenvalue weighted by Crippen LogP contribution is 2.34. The Morgan fingerprint density at radius 2 is 1.77 bits per heavy atom. The van der Waals surface area contributed by atoms with E-state index in [9.17, 15) is 35.9 Å². The van der Waals surface area contributed by atoms with E-state index in [1.165, 1.54) is 29.4 Å². The lowest BCUT2D eigenvalue weighted by Gasteiger charge is -2.30. The van der Waals surface area contributed by atoms with Crippen LogP contribution in [0.4, 0.5) is 32.2 Å². The van der Waals surface area contributed by atoms with Crippen LogP contribution in [-0.2, 0) is 30.5 Å². The first-order valence-electron chi connectivity index (χ1n) is 11.0. The van der Waals surface area contributed by atoms with E-state index in [1.807, 2.05) is 0 Å². The summed E-state index contributed by atoms with van der Waals surface area (Å²) in [5.74, 6) is -6.51. The maximum Gasteiger partial charge on any atom is 0.449 e. The van der Waals surface area contributed by atoms with Gasteiger partial charge < -0.3 is 20.5 Å². The Balaban J connectivity index is 0.00000267. The molecule has 1 aliphatic heterocycles. The molecular weight excluding hydrogens is 577 g/mol. The Kier molecular flexibility index (Phi) is 10.3. The second kappa shape index (κ2) is 12.7. The van der Waals surface area contributed by atoms with Gasteiger partial charge in [-0.1, -0.05) is 0 Å². The van der Waals surface area contributed by atoms with Gasteiger partial charge in [-0.25, -0.2) is 18.2 Å². The zero-order chi connectivity index (χ0) is 26.9. The van der Waals surface area contributed by atoms with Crippen LogP contribution in [0.2, 0.25) is 0 Å². The normalized spacial score (nSPS) is 13.6. The number of alkyl halides is 3. The number of amides is 2. The molecule has 3 heterocycles. The van der Waals surface area contributed by atoms with Gasteiger partial charge >= 0.3 is 6.18 Å². The van der Waals surface area contributed by atoms with Crippen molar-refractivity contribution in [3.8, 4) is 0 Å². The van der Waals surface area contributed by atoms with Crippen molar-refractivity contribution in [3.05, 3.63) is 76.8 Å². The molecule has 4 rings (SSSR count). The summed E-state index contributed by atoms with van der Waals surface area (Å²) in [6.45, 7) is -0.664. The van der Waals surface area contributed by atoms with Crippen LogP contribution < -0.4 is 11.1 Å². The van der Waals surface area contributed by atoms with E-state index in [4.69, 9.17) is 5.73 Å². The summed E-state index contributed by atoms with van der Waals surface area (Å²) in [7, 11) is 0. The fourth-order valence-electron chi connectivity index (χ4n) is 4.00. The number of anilines is 1. The van der Waals surface area contributed by atoms with Crippen molar-refractivity contribution in [3.63, 3.8) is 0 Å². The molecule has 2 amide bonds. The van der Waals surface area contributed by atoms with E-state index in [2.05, 4.69) is 15.3 Å². The number of carbonyl (C=O) groups is 2. The first-order valence-corrected chi connectivity index (χ1v) is 11.0. The van der Waals surface area contributed by atoms with Crippen LogP contribution in [-0.4, -0.2) is 43.8 Å². The molecule has 3 aromatic rings. The number of fused-ring (bicyclic) bond motifs is 1. The monoisotopic (exact) mass is 598 g/mol. The molecule has 0 fully saturated rings. The van der Waals surface area contributed by atoms with Gasteiger partial charge in [0, 0.05) is 44.0 Å². The largest absolute Gasteiger partial charge is 0.449 e. The quantitative estimate of drug-likeness (QED) is 0.328. The van der Waals surface area contributed by atoms with E-state index < -0.39 is 47.3 Å². The lowest BCUT2D eigenvalue weighted by molar-refractivity contribution is -0.148. The number of nitrogens with zero attached hydrogens (tertiary/aromatic N) is 4. The summed E-state index contributed by atoms with van der Waals surface area (Å²) >= 11 is 0. The molecule has 0 saturated carbocycles. The summed E-state index contributed by atoms with van der Waals surface area (Å²) in [5, 5.41) is 2.35. The van der Waals surface area contributed by atoms with Crippen LogP contribution >= 0.6 is 24.8 Å². The lowest BCUT2D eigenvalue weighted by atomic mass is 10.0. The molecule has 0 saturated heterocycles. The predicted octanol–water partition coefficient (Wildman–Crippen LogP) is 4.11. The number of halogens is 8. The Labute approximate surface area is 230 Å². The Bertz CT molecular complexity index is 1340.